The van der Waals surface area contributed by atoms with Crippen molar-refractivity contribution in [3.63, 3.8) is 0 Å². The molecule has 116 valence electrons. The molecular formula is C14H16F3NO3. The van der Waals surface area contributed by atoms with Gasteiger partial charge in [-0.3, -0.25) is 4.79 Å². The van der Waals surface area contributed by atoms with Crippen LogP contribution in [0.1, 0.15) is 30.8 Å². The molecule has 1 fully saturated rings. The zero-order valence-corrected chi connectivity index (χ0v) is 11.4. The molecule has 0 aromatic carbocycles. The molecule has 0 aliphatic heterocycles. The van der Waals surface area contributed by atoms with Crippen LogP contribution in [0.2, 0.25) is 0 Å². The number of hydrogen-bond acceptors (Lipinski definition) is 3. The normalized spacial score (nSPS) is 23.3. The molecule has 1 amide bonds. The molecular weight excluding hydrogens is 287 g/mol. The first-order valence-electron chi connectivity index (χ1n) is 6.58. The molecule has 2 N–H and O–H groups in total. The molecule has 4 nitrogen and oxygen atoms in total. The minimum absolute atomic E-state index is 0.419. The molecule has 1 saturated carbocycles. The molecule has 0 spiro atoms. The SMILES string of the molecule is CC1CC1c1ccc(/C=C/C(=O)NCC(O)C(F)(F)F)o1. The van der Waals surface area contributed by atoms with Gasteiger partial charge in [0.05, 0.1) is 6.54 Å². The summed E-state index contributed by atoms with van der Waals surface area (Å²) in [6.45, 7) is 1.23. The van der Waals surface area contributed by atoms with Gasteiger partial charge in [-0.1, -0.05) is 6.92 Å². The van der Waals surface area contributed by atoms with Crippen LogP contribution < -0.4 is 5.32 Å². The molecule has 1 aliphatic rings. The van der Waals surface area contributed by atoms with E-state index in [9.17, 15) is 18.0 Å². The molecule has 3 atom stereocenters. The second-order valence-corrected chi connectivity index (χ2v) is 5.20. The highest BCUT2D eigenvalue weighted by atomic mass is 19.4. The average molecular weight is 303 g/mol. The number of alkyl halides is 3. The van der Waals surface area contributed by atoms with E-state index in [1.807, 2.05) is 11.4 Å². The zero-order valence-electron chi connectivity index (χ0n) is 11.4. The van der Waals surface area contributed by atoms with E-state index in [1.165, 1.54) is 6.08 Å². The summed E-state index contributed by atoms with van der Waals surface area (Å²) in [6, 6.07) is 3.54. The van der Waals surface area contributed by atoms with Crippen molar-refractivity contribution in [2.45, 2.75) is 31.5 Å². The summed E-state index contributed by atoms with van der Waals surface area (Å²) in [6.07, 6.45) is -3.78. The van der Waals surface area contributed by atoms with Gasteiger partial charge in [-0.05, 0) is 30.5 Å². The average Bonchev–Trinajstić information content (AvgIpc) is 2.95. The summed E-state index contributed by atoms with van der Waals surface area (Å²) in [4.78, 5) is 11.3. The Morgan fingerprint density at radius 1 is 1.57 bits per heavy atom. The van der Waals surface area contributed by atoms with Crippen LogP contribution in [0.4, 0.5) is 13.2 Å². The smallest absolute Gasteiger partial charge is 0.416 e. The number of amides is 1. The monoisotopic (exact) mass is 303 g/mol. The summed E-state index contributed by atoms with van der Waals surface area (Å²) in [7, 11) is 0. The number of carbonyl (C=O) groups is 1. The summed E-state index contributed by atoms with van der Waals surface area (Å²) in [5.74, 6) is 1.62. The zero-order chi connectivity index (χ0) is 15.6. The number of nitrogens with one attached hydrogen (secondary N) is 1. The van der Waals surface area contributed by atoms with Crippen LogP contribution in [0.3, 0.4) is 0 Å². The second-order valence-electron chi connectivity index (χ2n) is 5.20. The molecule has 1 aliphatic carbocycles. The minimum atomic E-state index is -4.74. The number of furan rings is 1. The van der Waals surface area contributed by atoms with Gasteiger partial charge < -0.3 is 14.8 Å². The summed E-state index contributed by atoms with van der Waals surface area (Å²) in [5, 5.41) is 10.7. The first-order chi connectivity index (χ1) is 9.77. The molecule has 7 heteroatoms. The van der Waals surface area contributed by atoms with Crippen molar-refractivity contribution in [2.75, 3.05) is 6.54 Å². The fourth-order valence-electron chi connectivity index (χ4n) is 1.91. The van der Waals surface area contributed by atoms with Gasteiger partial charge in [-0.25, -0.2) is 0 Å². The number of rotatable bonds is 5. The predicted octanol–water partition coefficient (Wildman–Crippen LogP) is 2.46. The molecule has 2 rings (SSSR count). The predicted molar refractivity (Wildman–Crippen MR) is 69.3 cm³/mol. The Hall–Kier alpha value is -1.76. The van der Waals surface area contributed by atoms with E-state index < -0.39 is 24.7 Å². The molecule has 1 aromatic heterocycles. The minimum Gasteiger partial charge on any atom is -0.461 e. The summed E-state index contributed by atoms with van der Waals surface area (Å²) in [5.41, 5.74) is 0. The Morgan fingerprint density at radius 2 is 2.24 bits per heavy atom. The van der Waals surface area contributed by atoms with Crippen molar-refractivity contribution in [1.29, 1.82) is 0 Å². The molecule has 1 heterocycles. The van der Waals surface area contributed by atoms with E-state index >= 15 is 0 Å². The van der Waals surface area contributed by atoms with Crippen molar-refractivity contribution in [3.8, 4) is 0 Å². The fourth-order valence-corrected chi connectivity index (χ4v) is 1.91. The van der Waals surface area contributed by atoms with E-state index in [0.29, 0.717) is 17.6 Å². The molecule has 3 unspecified atom stereocenters. The van der Waals surface area contributed by atoms with Crippen LogP contribution in [-0.2, 0) is 4.79 Å². The van der Waals surface area contributed by atoms with Crippen molar-refractivity contribution in [1.82, 2.24) is 5.32 Å². The third-order valence-corrected chi connectivity index (χ3v) is 3.37. The maximum atomic E-state index is 12.0. The van der Waals surface area contributed by atoms with Crippen LogP contribution in [0.25, 0.3) is 6.08 Å². The van der Waals surface area contributed by atoms with Crippen LogP contribution in [0, 0.1) is 5.92 Å². The lowest BCUT2D eigenvalue weighted by molar-refractivity contribution is -0.201. The van der Waals surface area contributed by atoms with Crippen LogP contribution in [0.15, 0.2) is 22.6 Å². The summed E-state index contributed by atoms with van der Waals surface area (Å²) < 4.78 is 41.6. The number of halogens is 3. The van der Waals surface area contributed by atoms with Gasteiger partial charge in [0.1, 0.15) is 11.5 Å². The number of aliphatic hydroxyl groups excluding tert-OH is 1. The number of carbonyl (C=O) groups excluding carboxylic acids is 1. The lowest BCUT2D eigenvalue weighted by atomic mass is 10.3. The molecule has 21 heavy (non-hydrogen) atoms. The fraction of sp³-hybridized carbons (Fsp3) is 0.500. The molecule has 0 saturated heterocycles. The Morgan fingerprint density at radius 3 is 2.81 bits per heavy atom. The van der Waals surface area contributed by atoms with Gasteiger partial charge in [0.25, 0.3) is 0 Å². The maximum absolute atomic E-state index is 12.0. The van der Waals surface area contributed by atoms with Gasteiger partial charge in [0, 0.05) is 12.0 Å². The maximum Gasteiger partial charge on any atom is 0.416 e. The largest absolute Gasteiger partial charge is 0.461 e. The quantitative estimate of drug-likeness (QED) is 0.821. The van der Waals surface area contributed by atoms with Crippen LogP contribution in [-0.4, -0.2) is 29.8 Å². The number of hydrogen-bond donors (Lipinski definition) is 2. The highest BCUT2D eigenvalue weighted by Gasteiger charge is 2.38. The highest BCUT2D eigenvalue weighted by Crippen LogP contribution is 2.47. The molecule has 0 bridgehead atoms. The van der Waals surface area contributed by atoms with E-state index in [-0.39, 0.29) is 0 Å². The lowest BCUT2D eigenvalue weighted by Crippen LogP contribution is -2.40. The second kappa shape index (κ2) is 5.93. The van der Waals surface area contributed by atoms with E-state index in [2.05, 4.69) is 6.92 Å². The Balaban J connectivity index is 1.81. The van der Waals surface area contributed by atoms with Gasteiger partial charge in [-0.2, -0.15) is 13.2 Å². The van der Waals surface area contributed by atoms with E-state index in [1.54, 1.807) is 6.07 Å². The van der Waals surface area contributed by atoms with Gasteiger partial charge in [-0.15, -0.1) is 0 Å². The first-order valence-corrected chi connectivity index (χ1v) is 6.58. The third kappa shape index (κ3) is 4.35. The summed E-state index contributed by atoms with van der Waals surface area (Å²) >= 11 is 0. The molecule has 0 radical (unpaired) electrons. The number of aliphatic hydroxyl groups is 1. The molecule has 1 aromatic rings. The van der Waals surface area contributed by atoms with Crippen molar-refractivity contribution >= 4 is 12.0 Å². The van der Waals surface area contributed by atoms with Crippen molar-refractivity contribution < 1.29 is 27.5 Å². The topological polar surface area (TPSA) is 62.5 Å². The van der Waals surface area contributed by atoms with Crippen molar-refractivity contribution in [3.05, 3.63) is 29.7 Å². The Kier molecular flexibility index (Phi) is 4.41. The first kappa shape index (κ1) is 15.6. The Labute approximate surface area is 119 Å². The van der Waals surface area contributed by atoms with Crippen molar-refractivity contribution in [2.24, 2.45) is 5.92 Å². The van der Waals surface area contributed by atoms with Crippen LogP contribution in [0.5, 0.6) is 0 Å². The van der Waals surface area contributed by atoms with Gasteiger partial charge in [0.2, 0.25) is 5.91 Å². The van der Waals surface area contributed by atoms with Crippen LogP contribution >= 0.6 is 0 Å². The Bertz CT molecular complexity index is 536. The standard InChI is InChI=1S/C14H16F3NO3/c1-8-6-10(8)11-4-2-9(21-11)3-5-13(20)18-7-12(19)14(15,16)17/h2-5,8,10,12,19H,6-7H2,1H3,(H,18,20)/b5-3+. The van der Waals surface area contributed by atoms with Gasteiger partial charge in [0.15, 0.2) is 6.10 Å². The van der Waals surface area contributed by atoms with Gasteiger partial charge >= 0.3 is 6.18 Å². The van der Waals surface area contributed by atoms with E-state index in [4.69, 9.17) is 9.52 Å². The highest BCUT2D eigenvalue weighted by molar-refractivity contribution is 5.91. The third-order valence-electron chi connectivity index (χ3n) is 3.37. The lowest BCUT2D eigenvalue weighted by Gasteiger charge is -2.14. The van der Waals surface area contributed by atoms with E-state index in [0.717, 1.165) is 18.3 Å².